The van der Waals surface area contributed by atoms with Crippen molar-refractivity contribution < 1.29 is 4.74 Å². The molecule has 1 aromatic rings. The quantitative estimate of drug-likeness (QED) is 0.884. The van der Waals surface area contributed by atoms with Gasteiger partial charge in [-0.25, -0.2) is 4.98 Å². The average molecular weight is 263 g/mol. The number of nitrogens with two attached hydrogens (primary N) is 1. The fourth-order valence-electron chi connectivity index (χ4n) is 2.61. The highest BCUT2D eigenvalue weighted by atomic mass is 16.5. The normalized spacial score (nSPS) is 19.7. The van der Waals surface area contributed by atoms with Gasteiger partial charge in [0, 0.05) is 31.9 Å². The molecule has 106 valence electrons. The minimum Gasteiger partial charge on any atom is -0.377 e. The molecule has 2 N–H and O–H groups in total. The zero-order valence-corrected chi connectivity index (χ0v) is 12.1. The first-order valence-electron chi connectivity index (χ1n) is 7.33. The van der Waals surface area contributed by atoms with Crippen LogP contribution in [-0.4, -0.2) is 30.8 Å². The van der Waals surface area contributed by atoms with Crippen molar-refractivity contribution in [2.24, 2.45) is 5.73 Å². The van der Waals surface area contributed by atoms with Crippen molar-refractivity contribution in [1.29, 1.82) is 0 Å². The number of nitrogens with zero attached hydrogens (tertiary/aromatic N) is 2. The third-order valence-corrected chi connectivity index (χ3v) is 3.63. The summed E-state index contributed by atoms with van der Waals surface area (Å²) < 4.78 is 5.75. The number of anilines is 1. The molecule has 0 aliphatic carbocycles. The summed E-state index contributed by atoms with van der Waals surface area (Å²) in [6.45, 7) is 7.55. The van der Waals surface area contributed by atoms with Crippen LogP contribution in [0, 0.1) is 0 Å². The van der Waals surface area contributed by atoms with Crippen molar-refractivity contribution in [3.8, 4) is 0 Å². The van der Waals surface area contributed by atoms with Crippen LogP contribution in [0.2, 0.25) is 0 Å². The molecule has 0 bridgehead atoms. The van der Waals surface area contributed by atoms with Crippen molar-refractivity contribution in [2.75, 3.05) is 24.6 Å². The molecule has 4 heteroatoms. The van der Waals surface area contributed by atoms with Gasteiger partial charge in [0.05, 0.1) is 6.10 Å². The van der Waals surface area contributed by atoms with E-state index in [1.54, 1.807) is 0 Å². The van der Waals surface area contributed by atoms with Gasteiger partial charge in [-0.3, -0.25) is 0 Å². The van der Waals surface area contributed by atoms with Gasteiger partial charge in [0.25, 0.3) is 0 Å². The third-order valence-electron chi connectivity index (χ3n) is 3.63. The summed E-state index contributed by atoms with van der Waals surface area (Å²) in [7, 11) is 0. The van der Waals surface area contributed by atoms with E-state index in [-0.39, 0.29) is 0 Å². The number of hydrogen-bond acceptors (Lipinski definition) is 4. The highest BCUT2D eigenvalue weighted by Crippen LogP contribution is 2.21. The van der Waals surface area contributed by atoms with E-state index in [0.717, 1.165) is 44.0 Å². The van der Waals surface area contributed by atoms with Crippen molar-refractivity contribution in [1.82, 2.24) is 4.98 Å². The Hall–Kier alpha value is -1.13. The molecule has 1 unspecified atom stereocenters. The average Bonchev–Trinajstić information content (AvgIpc) is 2.47. The van der Waals surface area contributed by atoms with Crippen LogP contribution < -0.4 is 10.6 Å². The Labute approximate surface area is 116 Å². The number of aromatic nitrogens is 1. The van der Waals surface area contributed by atoms with Gasteiger partial charge in [0.1, 0.15) is 5.82 Å². The Morgan fingerprint density at radius 1 is 1.42 bits per heavy atom. The van der Waals surface area contributed by atoms with Gasteiger partial charge in [0.15, 0.2) is 0 Å². The van der Waals surface area contributed by atoms with Crippen LogP contribution in [-0.2, 0) is 17.7 Å². The van der Waals surface area contributed by atoms with E-state index in [1.165, 1.54) is 12.0 Å². The molecule has 0 spiro atoms. The van der Waals surface area contributed by atoms with E-state index >= 15 is 0 Å². The lowest BCUT2D eigenvalue weighted by Crippen LogP contribution is -2.40. The van der Waals surface area contributed by atoms with Crippen LogP contribution in [0.4, 0.5) is 5.82 Å². The van der Waals surface area contributed by atoms with Gasteiger partial charge in [-0.15, -0.1) is 0 Å². The highest BCUT2D eigenvalue weighted by molar-refractivity contribution is 5.43. The summed E-state index contributed by atoms with van der Waals surface area (Å²) in [5.41, 5.74) is 8.06. The molecule has 1 saturated heterocycles. The predicted octanol–water partition coefficient (Wildman–Crippen LogP) is 2.11. The smallest absolute Gasteiger partial charge is 0.129 e. The largest absolute Gasteiger partial charge is 0.377 e. The van der Waals surface area contributed by atoms with E-state index in [4.69, 9.17) is 15.5 Å². The molecular weight excluding hydrogens is 238 g/mol. The Kier molecular flexibility index (Phi) is 5.16. The summed E-state index contributed by atoms with van der Waals surface area (Å²) in [6.07, 6.45) is 3.61. The van der Waals surface area contributed by atoms with E-state index in [0.29, 0.717) is 12.6 Å². The number of ether oxygens (including phenoxy) is 1. The number of rotatable bonds is 5. The summed E-state index contributed by atoms with van der Waals surface area (Å²) in [5, 5.41) is 0. The Morgan fingerprint density at radius 3 is 2.95 bits per heavy atom. The summed E-state index contributed by atoms with van der Waals surface area (Å²) in [5.74, 6) is 1.06. The highest BCUT2D eigenvalue weighted by Gasteiger charge is 2.21. The molecule has 1 aromatic heterocycles. The molecular formula is C15H25N3O. The van der Waals surface area contributed by atoms with Crippen molar-refractivity contribution in [3.63, 3.8) is 0 Å². The van der Waals surface area contributed by atoms with Gasteiger partial charge in [-0.2, -0.15) is 0 Å². The van der Waals surface area contributed by atoms with Gasteiger partial charge in [0.2, 0.25) is 0 Å². The lowest BCUT2D eigenvalue weighted by molar-refractivity contribution is 0.0525. The van der Waals surface area contributed by atoms with Crippen molar-refractivity contribution >= 4 is 5.82 Å². The second-order valence-corrected chi connectivity index (χ2v) is 5.05. The zero-order chi connectivity index (χ0) is 13.7. The van der Waals surface area contributed by atoms with E-state index in [9.17, 15) is 0 Å². The summed E-state index contributed by atoms with van der Waals surface area (Å²) in [6, 6.07) is 4.22. The zero-order valence-electron chi connectivity index (χ0n) is 12.1. The monoisotopic (exact) mass is 263 g/mol. The first-order chi connectivity index (χ1) is 9.26. The molecule has 2 rings (SSSR count). The number of aryl methyl sites for hydroxylation is 1. The molecule has 1 aliphatic rings. The number of hydrogen-bond donors (Lipinski definition) is 1. The van der Waals surface area contributed by atoms with Crippen LogP contribution in [0.15, 0.2) is 12.1 Å². The molecule has 1 fully saturated rings. The van der Waals surface area contributed by atoms with E-state index in [2.05, 4.69) is 30.9 Å². The molecule has 4 nitrogen and oxygen atoms in total. The second-order valence-electron chi connectivity index (χ2n) is 5.05. The lowest BCUT2D eigenvalue weighted by Gasteiger charge is -2.33. The molecule has 0 amide bonds. The number of pyridine rings is 1. The summed E-state index contributed by atoms with van der Waals surface area (Å²) in [4.78, 5) is 7.07. The van der Waals surface area contributed by atoms with Crippen LogP contribution in [0.3, 0.4) is 0 Å². The van der Waals surface area contributed by atoms with Crippen LogP contribution in [0.1, 0.15) is 37.9 Å². The van der Waals surface area contributed by atoms with Gasteiger partial charge in [-0.1, -0.05) is 6.92 Å². The molecule has 0 radical (unpaired) electrons. The fourth-order valence-corrected chi connectivity index (χ4v) is 2.61. The van der Waals surface area contributed by atoms with E-state index in [1.807, 2.05) is 0 Å². The maximum atomic E-state index is 5.78. The molecule has 0 aromatic carbocycles. The maximum Gasteiger partial charge on any atom is 0.129 e. The molecule has 1 atom stereocenters. The first-order valence-corrected chi connectivity index (χ1v) is 7.33. The Balaban J connectivity index is 2.15. The van der Waals surface area contributed by atoms with E-state index < -0.39 is 0 Å². The summed E-state index contributed by atoms with van der Waals surface area (Å²) >= 11 is 0. The molecule has 0 saturated carbocycles. The standard InChI is InChI=1S/C15H25N3O/c1-3-13-8-12(10-16)9-15(17-13)18-7-5-6-14(11-18)19-4-2/h8-9,14H,3-7,10-11,16H2,1-2H3. The Morgan fingerprint density at radius 2 is 2.26 bits per heavy atom. The second kappa shape index (κ2) is 6.87. The van der Waals surface area contributed by atoms with Crippen molar-refractivity contribution in [2.45, 2.75) is 45.8 Å². The molecule has 2 heterocycles. The predicted molar refractivity (Wildman–Crippen MR) is 78.4 cm³/mol. The lowest BCUT2D eigenvalue weighted by atomic mass is 10.1. The SMILES string of the molecule is CCOC1CCCN(c2cc(CN)cc(CC)n2)C1. The van der Waals surface area contributed by atoms with Crippen LogP contribution in [0.5, 0.6) is 0 Å². The molecule has 1 aliphatic heterocycles. The van der Waals surface area contributed by atoms with Crippen molar-refractivity contribution in [3.05, 3.63) is 23.4 Å². The third kappa shape index (κ3) is 3.67. The van der Waals surface area contributed by atoms with Gasteiger partial charge >= 0.3 is 0 Å². The first kappa shape index (κ1) is 14.3. The maximum absolute atomic E-state index is 5.78. The topological polar surface area (TPSA) is 51.4 Å². The molecule has 19 heavy (non-hydrogen) atoms. The van der Waals surface area contributed by atoms with Gasteiger partial charge in [-0.05, 0) is 43.9 Å². The minimum absolute atomic E-state index is 0.340. The fraction of sp³-hybridized carbons (Fsp3) is 0.667. The van der Waals surface area contributed by atoms with Crippen LogP contribution in [0.25, 0.3) is 0 Å². The van der Waals surface area contributed by atoms with Gasteiger partial charge < -0.3 is 15.4 Å². The Bertz CT molecular complexity index is 384. The minimum atomic E-state index is 0.340. The number of piperidine rings is 1. The van der Waals surface area contributed by atoms with Crippen LogP contribution >= 0.6 is 0 Å².